The Labute approximate surface area is 103 Å². The van der Waals surface area contributed by atoms with E-state index < -0.39 is 0 Å². The van der Waals surface area contributed by atoms with Crippen LogP contribution in [0.3, 0.4) is 0 Å². The average Bonchev–Trinajstić information content (AvgIpc) is 2.30. The molecule has 0 amide bonds. The Bertz CT molecular complexity index is 408. The summed E-state index contributed by atoms with van der Waals surface area (Å²) in [5.74, 6) is 1.03. The standard InChI is InChI=1S/C14H20O3/c1-9(2)12-7-11(8-14(15)17-5)10(3)6-13(12)16-4/h6-7,9H,8H2,1-5H3. The minimum atomic E-state index is -0.215. The molecule has 0 aromatic heterocycles. The maximum Gasteiger partial charge on any atom is 0.309 e. The molecule has 0 saturated heterocycles. The number of hydrogen-bond acceptors (Lipinski definition) is 3. The molecule has 1 aromatic rings. The van der Waals surface area contributed by atoms with Crippen LogP contribution in [0.5, 0.6) is 5.75 Å². The molecule has 17 heavy (non-hydrogen) atoms. The largest absolute Gasteiger partial charge is 0.496 e. The highest BCUT2D eigenvalue weighted by molar-refractivity contribution is 5.73. The first-order valence-corrected chi connectivity index (χ1v) is 5.73. The van der Waals surface area contributed by atoms with Gasteiger partial charge in [0.2, 0.25) is 0 Å². The van der Waals surface area contributed by atoms with E-state index in [9.17, 15) is 4.79 Å². The van der Waals surface area contributed by atoms with E-state index in [1.165, 1.54) is 7.11 Å². The van der Waals surface area contributed by atoms with Crippen LogP contribution in [-0.2, 0) is 16.0 Å². The molecule has 0 bridgehead atoms. The Morgan fingerprint density at radius 1 is 1.29 bits per heavy atom. The zero-order valence-electron chi connectivity index (χ0n) is 11.2. The van der Waals surface area contributed by atoms with Gasteiger partial charge in [0.1, 0.15) is 5.75 Å². The molecule has 94 valence electrons. The molecule has 1 aromatic carbocycles. The molecule has 3 nitrogen and oxygen atoms in total. The summed E-state index contributed by atoms with van der Waals surface area (Å²) in [5.41, 5.74) is 3.18. The van der Waals surface area contributed by atoms with Crippen molar-refractivity contribution in [2.75, 3.05) is 14.2 Å². The van der Waals surface area contributed by atoms with Crippen LogP contribution in [0.25, 0.3) is 0 Å². The number of rotatable bonds is 4. The first kappa shape index (κ1) is 13.6. The second kappa shape index (κ2) is 5.71. The highest BCUT2D eigenvalue weighted by Crippen LogP contribution is 2.29. The molecule has 0 atom stereocenters. The summed E-state index contributed by atoms with van der Waals surface area (Å²) in [6.45, 7) is 6.19. The molecule has 0 fully saturated rings. The van der Waals surface area contributed by atoms with Crippen LogP contribution in [0.2, 0.25) is 0 Å². The second-order valence-corrected chi connectivity index (χ2v) is 4.43. The Hall–Kier alpha value is -1.51. The molecule has 0 aliphatic carbocycles. The highest BCUT2D eigenvalue weighted by atomic mass is 16.5. The quantitative estimate of drug-likeness (QED) is 0.754. The molecule has 3 heteroatoms. The highest BCUT2D eigenvalue weighted by Gasteiger charge is 2.13. The molecule has 0 unspecified atom stereocenters. The third-order valence-corrected chi connectivity index (χ3v) is 2.87. The minimum Gasteiger partial charge on any atom is -0.496 e. The topological polar surface area (TPSA) is 35.5 Å². The van der Waals surface area contributed by atoms with E-state index in [1.54, 1.807) is 7.11 Å². The van der Waals surface area contributed by atoms with Gasteiger partial charge in [-0.1, -0.05) is 19.9 Å². The van der Waals surface area contributed by atoms with Gasteiger partial charge in [-0.2, -0.15) is 0 Å². The number of methoxy groups -OCH3 is 2. The number of carbonyl (C=O) groups is 1. The average molecular weight is 236 g/mol. The first-order chi connectivity index (χ1) is 7.99. The van der Waals surface area contributed by atoms with Crippen molar-refractivity contribution in [1.29, 1.82) is 0 Å². The van der Waals surface area contributed by atoms with Gasteiger partial charge in [0.25, 0.3) is 0 Å². The summed E-state index contributed by atoms with van der Waals surface area (Å²) in [4.78, 5) is 11.3. The lowest BCUT2D eigenvalue weighted by Crippen LogP contribution is -2.07. The Morgan fingerprint density at radius 2 is 1.94 bits per heavy atom. The summed E-state index contributed by atoms with van der Waals surface area (Å²) >= 11 is 0. The molecule has 0 radical (unpaired) electrons. The van der Waals surface area contributed by atoms with E-state index in [0.29, 0.717) is 12.3 Å². The number of aryl methyl sites for hydroxylation is 1. The molecular weight excluding hydrogens is 216 g/mol. The summed E-state index contributed by atoms with van der Waals surface area (Å²) in [6, 6.07) is 4.02. The van der Waals surface area contributed by atoms with Crippen molar-refractivity contribution in [3.8, 4) is 5.75 Å². The van der Waals surface area contributed by atoms with E-state index in [1.807, 2.05) is 19.1 Å². The third-order valence-electron chi connectivity index (χ3n) is 2.87. The monoisotopic (exact) mass is 236 g/mol. The van der Waals surface area contributed by atoms with Crippen LogP contribution < -0.4 is 4.74 Å². The van der Waals surface area contributed by atoms with E-state index >= 15 is 0 Å². The molecule has 0 heterocycles. The van der Waals surface area contributed by atoms with Crippen LogP contribution in [-0.4, -0.2) is 20.2 Å². The predicted molar refractivity (Wildman–Crippen MR) is 67.5 cm³/mol. The molecule has 0 saturated carbocycles. The lowest BCUT2D eigenvalue weighted by Gasteiger charge is -2.15. The fourth-order valence-corrected chi connectivity index (χ4v) is 1.79. The van der Waals surface area contributed by atoms with Crippen molar-refractivity contribution in [2.45, 2.75) is 33.1 Å². The third kappa shape index (κ3) is 3.22. The van der Waals surface area contributed by atoms with Gasteiger partial charge >= 0.3 is 5.97 Å². The molecule has 1 rings (SSSR count). The van der Waals surface area contributed by atoms with Crippen molar-refractivity contribution in [3.63, 3.8) is 0 Å². The van der Waals surface area contributed by atoms with Crippen molar-refractivity contribution in [3.05, 3.63) is 28.8 Å². The van der Waals surface area contributed by atoms with Gasteiger partial charge in [-0.15, -0.1) is 0 Å². The van der Waals surface area contributed by atoms with Crippen LogP contribution >= 0.6 is 0 Å². The van der Waals surface area contributed by atoms with Crippen LogP contribution in [0.1, 0.15) is 36.5 Å². The lowest BCUT2D eigenvalue weighted by atomic mass is 9.95. The lowest BCUT2D eigenvalue weighted by molar-refractivity contribution is -0.139. The van der Waals surface area contributed by atoms with Crippen molar-refractivity contribution in [1.82, 2.24) is 0 Å². The number of carbonyl (C=O) groups excluding carboxylic acids is 1. The summed E-state index contributed by atoms with van der Waals surface area (Å²) < 4.78 is 10.1. The van der Waals surface area contributed by atoms with E-state index in [0.717, 1.165) is 22.4 Å². The summed E-state index contributed by atoms with van der Waals surface area (Å²) in [7, 11) is 3.07. The van der Waals surface area contributed by atoms with Gasteiger partial charge in [0.15, 0.2) is 0 Å². The number of hydrogen-bond donors (Lipinski definition) is 0. The maximum absolute atomic E-state index is 11.3. The number of esters is 1. The van der Waals surface area contributed by atoms with Crippen LogP contribution in [0.15, 0.2) is 12.1 Å². The van der Waals surface area contributed by atoms with E-state index in [-0.39, 0.29) is 5.97 Å². The Balaban J connectivity index is 3.15. The number of benzene rings is 1. The normalized spacial score (nSPS) is 10.5. The minimum absolute atomic E-state index is 0.215. The predicted octanol–water partition coefficient (Wildman–Crippen LogP) is 2.84. The maximum atomic E-state index is 11.3. The van der Waals surface area contributed by atoms with Crippen LogP contribution in [0, 0.1) is 6.92 Å². The van der Waals surface area contributed by atoms with Gasteiger partial charge in [0, 0.05) is 0 Å². The zero-order valence-corrected chi connectivity index (χ0v) is 11.2. The second-order valence-electron chi connectivity index (χ2n) is 4.43. The fourth-order valence-electron chi connectivity index (χ4n) is 1.79. The molecular formula is C14H20O3. The molecule has 0 aliphatic rings. The number of ether oxygens (including phenoxy) is 2. The SMILES string of the molecule is COC(=O)Cc1cc(C(C)C)c(OC)cc1C. The van der Waals surface area contributed by atoms with Gasteiger partial charge in [0.05, 0.1) is 20.6 Å². The van der Waals surface area contributed by atoms with Gasteiger partial charge in [-0.3, -0.25) is 4.79 Å². The van der Waals surface area contributed by atoms with Gasteiger partial charge < -0.3 is 9.47 Å². The van der Waals surface area contributed by atoms with Crippen molar-refractivity contribution in [2.24, 2.45) is 0 Å². The Morgan fingerprint density at radius 3 is 2.41 bits per heavy atom. The first-order valence-electron chi connectivity index (χ1n) is 5.73. The summed E-state index contributed by atoms with van der Waals surface area (Å²) in [5, 5.41) is 0. The molecule has 0 N–H and O–H groups in total. The molecule has 0 aliphatic heterocycles. The van der Waals surface area contributed by atoms with E-state index in [2.05, 4.69) is 13.8 Å². The van der Waals surface area contributed by atoms with E-state index in [4.69, 9.17) is 9.47 Å². The summed E-state index contributed by atoms with van der Waals surface area (Å²) in [6.07, 6.45) is 0.312. The Kier molecular flexibility index (Phi) is 4.55. The van der Waals surface area contributed by atoms with Gasteiger partial charge in [-0.25, -0.2) is 0 Å². The zero-order chi connectivity index (χ0) is 13.0. The van der Waals surface area contributed by atoms with Crippen molar-refractivity contribution < 1.29 is 14.3 Å². The smallest absolute Gasteiger partial charge is 0.309 e. The molecule has 0 spiro atoms. The fraction of sp³-hybridized carbons (Fsp3) is 0.500. The van der Waals surface area contributed by atoms with Crippen LogP contribution in [0.4, 0.5) is 0 Å². The van der Waals surface area contributed by atoms with Gasteiger partial charge in [-0.05, 0) is 35.6 Å². The van der Waals surface area contributed by atoms with Crippen molar-refractivity contribution >= 4 is 5.97 Å².